The Morgan fingerprint density at radius 3 is 2.64 bits per heavy atom. The van der Waals surface area contributed by atoms with Crippen LogP contribution in [0.4, 0.5) is 0 Å². The topological polar surface area (TPSA) is 32.3 Å². The summed E-state index contributed by atoms with van der Waals surface area (Å²) in [5.74, 6) is 1.26. The highest BCUT2D eigenvalue weighted by Crippen LogP contribution is 2.27. The summed E-state index contributed by atoms with van der Waals surface area (Å²) in [5.41, 5.74) is 1.24. The number of hydrogen-bond donors (Lipinski definition) is 1. The Morgan fingerprint density at radius 2 is 2.00 bits per heavy atom. The third-order valence-corrected chi connectivity index (χ3v) is 4.38. The first-order valence-corrected chi connectivity index (χ1v) is 8.41. The van der Waals surface area contributed by atoms with E-state index in [0.717, 1.165) is 19.6 Å². The quantitative estimate of drug-likeness (QED) is 0.903. The Morgan fingerprint density at radius 1 is 1.32 bits per heavy atom. The molecule has 0 radical (unpaired) electrons. The van der Waals surface area contributed by atoms with Gasteiger partial charge in [-0.25, -0.2) is 0 Å². The van der Waals surface area contributed by atoms with Crippen molar-refractivity contribution in [3.05, 3.63) is 35.9 Å². The number of rotatable bonds is 5. The van der Waals surface area contributed by atoms with E-state index in [2.05, 4.69) is 47.5 Å². The first-order chi connectivity index (χ1) is 10.3. The summed E-state index contributed by atoms with van der Waals surface area (Å²) >= 11 is 0. The van der Waals surface area contributed by atoms with Gasteiger partial charge in [0.05, 0.1) is 0 Å². The molecular formula is C19H30N2O. The highest BCUT2D eigenvalue weighted by molar-refractivity contribution is 5.76. The van der Waals surface area contributed by atoms with Gasteiger partial charge in [0.1, 0.15) is 0 Å². The van der Waals surface area contributed by atoms with Gasteiger partial charge < -0.3 is 5.32 Å². The van der Waals surface area contributed by atoms with Crippen molar-refractivity contribution in [3.63, 3.8) is 0 Å². The zero-order valence-electron chi connectivity index (χ0n) is 14.4. The van der Waals surface area contributed by atoms with E-state index in [1.54, 1.807) is 0 Å². The molecule has 2 unspecified atom stereocenters. The molecule has 1 saturated heterocycles. The monoisotopic (exact) mass is 302 g/mol. The van der Waals surface area contributed by atoms with Crippen LogP contribution in [-0.4, -0.2) is 29.4 Å². The molecular weight excluding hydrogens is 272 g/mol. The maximum absolute atomic E-state index is 12.1. The molecule has 0 saturated carbocycles. The SMILES string of the molecule is CC(CC(=O)NC(C)(C)C)C1CCN(Cc2ccccc2)C1. The molecule has 1 N–H and O–H groups in total. The zero-order valence-corrected chi connectivity index (χ0v) is 14.4. The van der Waals surface area contributed by atoms with Crippen molar-refractivity contribution in [3.8, 4) is 0 Å². The average molecular weight is 302 g/mol. The van der Waals surface area contributed by atoms with Gasteiger partial charge >= 0.3 is 0 Å². The summed E-state index contributed by atoms with van der Waals surface area (Å²) in [7, 11) is 0. The number of likely N-dealkylation sites (tertiary alicyclic amines) is 1. The smallest absolute Gasteiger partial charge is 0.220 e. The van der Waals surface area contributed by atoms with E-state index in [9.17, 15) is 4.79 Å². The molecule has 1 aliphatic heterocycles. The van der Waals surface area contributed by atoms with Crippen LogP contribution in [-0.2, 0) is 11.3 Å². The fourth-order valence-corrected chi connectivity index (χ4v) is 3.24. The number of nitrogens with zero attached hydrogens (tertiary/aromatic N) is 1. The molecule has 1 aromatic rings. The predicted molar refractivity (Wildman–Crippen MR) is 91.5 cm³/mol. The van der Waals surface area contributed by atoms with Crippen LogP contribution in [0.25, 0.3) is 0 Å². The number of carbonyl (C=O) groups is 1. The summed E-state index contributed by atoms with van der Waals surface area (Å²) < 4.78 is 0. The maximum atomic E-state index is 12.1. The van der Waals surface area contributed by atoms with Crippen LogP contribution in [0.2, 0.25) is 0 Å². The zero-order chi connectivity index (χ0) is 16.2. The standard InChI is InChI=1S/C19H30N2O/c1-15(12-18(22)20-19(2,3)4)17-10-11-21(14-17)13-16-8-6-5-7-9-16/h5-9,15,17H,10-14H2,1-4H3,(H,20,22). The number of carbonyl (C=O) groups excluding carboxylic acids is 1. The molecule has 0 aliphatic carbocycles. The van der Waals surface area contributed by atoms with Gasteiger partial charge in [-0.3, -0.25) is 9.69 Å². The minimum absolute atomic E-state index is 0.133. The van der Waals surface area contributed by atoms with Crippen LogP contribution >= 0.6 is 0 Å². The summed E-state index contributed by atoms with van der Waals surface area (Å²) in [6.07, 6.45) is 1.85. The summed E-state index contributed by atoms with van der Waals surface area (Å²) in [6.45, 7) is 11.6. The van der Waals surface area contributed by atoms with Crippen molar-refractivity contribution < 1.29 is 4.79 Å². The average Bonchev–Trinajstić information content (AvgIpc) is 2.86. The van der Waals surface area contributed by atoms with Crippen molar-refractivity contribution >= 4 is 5.91 Å². The molecule has 3 nitrogen and oxygen atoms in total. The Balaban J connectivity index is 1.78. The molecule has 1 heterocycles. The van der Waals surface area contributed by atoms with Gasteiger partial charge in [0.15, 0.2) is 0 Å². The highest BCUT2D eigenvalue weighted by atomic mass is 16.1. The van der Waals surface area contributed by atoms with E-state index in [1.165, 1.54) is 12.0 Å². The fourth-order valence-electron chi connectivity index (χ4n) is 3.24. The van der Waals surface area contributed by atoms with Gasteiger partial charge in [0, 0.05) is 25.0 Å². The number of amides is 1. The van der Waals surface area contributed by atoms with Crippen LogP contribution in [0, 0.1) is 11.8 Å². The van der Waals surface area contributed by atoms with E-state index in [1.807, 2.05) is 20.8 Å². The predicted octanol–water partition coefficient (Wildman–Crippen LogP) is 3.45. The van der Waals surface area contributed by atoms with E-state index < -0.39 is 0 Å². The normalized spacial score (nSPS) is 20.8. The number of benzene rings is 1. The summed E-state index contributed by atoms with van der Waals surface area (Å²) in [6, 6.07) is 10.6. The first kappa shape index (κ1) is 17.0. The molecule has 0 aromatic heterocycles. The fraction of sp³-hybridized carbons (Fsp3) is 0.632. The largest absolute Gasteiger partial charge is 0.352 e. The van der Waals surface area contributed by atoms with Crippen molar-refractivity contribution in [2.24, 2.45) is 11.8 Å². The van der Waals surface area contributed by atoms with Gasteiger partial charge in [-0.2, -0.15) is 0 Å². The molecule has 0 bridgehead atoms. The Bertz CT molecular complexity index is 478. The van der Waals surface area contributed by atoms with Crippen molar-refractivity contribution in [2.75, 3.05) is 13.1 Å². The molecule has 1 amide bonds. The third-order valence-electron chi connectivity index (χ3n) is 4.38. The minimum Gasteiger partial charge on any atom is -0.352 e. The lowest BCUT2D eigenvalue weighted by molar-refractivity contribution is -0.123. The number of nitrogens with one attached hydrogen (secondary N) is 1. The Labute approximate surface area is 135 Å². The van der Waals surface area contributed by atoms with Crippen LogP contribution in [0.3, 0.4) is 0 Å². The molecule has 2 rings (SSSR count). The van der Waals surface area contributed by atoms with Crippen LogP contribution in [0.5, 0.6) is 0 Å². The second-order valence-electron chi connectivity index (χ2n) is 7.75. The third kappa shape index (κ3) is 5.45. The van der Waals surface area contributed by atoms with E-state index in [-0.39, 0.29) is 11.4 Å². The lowest BCUT2D eigenvalue weighted by atomic mass is 9.90. The van der Waals surface area contributed by atoms with Gasteiger partial charge in [-0.15, -0.1) is 0 Å². The van der Waals surface area contributed by atoms with Crippen LogP contribution in [0.1, 0.15) is 46.1 Å². The van der Waals surface area contributed by atoms with Crippen LogP contribution < -0.4 is 5.32 Å². The van der Waals surface area contributed by atoms with Gasteiger partial charge in [0.2, 0.25) is 5.91 Å². The van der Waals surface area contributed by atoms with E-state index in [4.69, 9.17) is 0 Å². The van der Waals surface area contributed by atoms with Gasteiger partial charge in [-0.1, -0.05) is 37.3 Å². The highest BCUT2D eigenvalue weighted by Gasteiger charge is 2.28. The van der Waals surface area contributed by atoms with Gasteiger partial charge in [-0.05, 0) is 51.1 Å². The lowest BCUT2D eigenvalue weighted by Gasteiger charge is -2.24. The van der Waals surface area contributed by atoms with E-state index in [0.29, 0.717) is 18.3 Å². The number of hydrogen-bond acceptors (Lipinski definition) is 2. The second kappa shape index (κ2) is 7.28. The lowest BCUT2D eigenvalue weighted by Crippen LogP contribution is -2.41. The maximum Gasteiger partial charge on any atom is 0.220 e. The van der Waals surface area contributed by atoms with Crippen molar-refractivity contribution in [1.82, 2.24) is 10.2 Å². The molecule has 122 valence electrons. The summed E-state index contributed by atoms with van der Waals surface area (Å²) in [5, 5.41) is 3.07. The Hall–Kier alpha value is -1.35. The molecule has 1 fully saturated rings. The van der Waals surface area contributed by atoms with Gasteiger partial charge in [0.25, 0.3) is 0 Å². The van der Waals surface area contributed by atoms with Crippen LogP contribution in [0.15, 0.2) is 30.3 Å². The summed E-state index contributed by atoms with van der Waals surface area (Å²) in [4.78, 5) is 14.6. The second-order valence-corrected chi connectivity index (χ2v) is 7.75. The molecule has 1 aliphatic rings. The van der Waals surface area contributed by atoms with E-state index >= 15 is 0 Å². The molecule has 0 spiro atoms. The molecule has 22 heavy (non-hydrogen) atoms. The molecule has 2 atom stereocenters. The first-order valence-electron chi connectivity index (χ1n) is 8.41. The Kier molecular flexibility index (Phi) is 5.63. The molecule has 1 aromatic carbocycles. The molecule has 3 heteroatoms. The van der Waals surface area contributed by atoms with Crippen molar-refractivity contribution in [1.29, 1.82) is 0 Å². The van der Waals surface area contributed by atoms with Crippen molar-refractivity contribution in [2.45, 2.75) is 52.6 Å². The minimum atomic E-state index is -0.133.